The number of aryl methyl sites for hydroxylation is 1. The van der Waals surface area contributed by atoms with E-state index in [9.17, 15) is 18.4 Å². The molecule has 0 bridgehead atoms. The van der Waals surface area contributed by atoms with Crippen LogP contribution in [0.3, 0.4) is 0 Å². The second kappa shape index (κ2) is 11.9. The van der Waals surface area contributed by atoms with Crippen molar-refractivity contribution in [2.45, 2.75) is 25.8 Å². The first-order chi connectivity index (χ1) is 19.7. The Bertz CT molecular complexity index is 1550. The fourth-order valence-corrected chi connectivity index (χ4v) is 5.21. The van der Waals surface area contributed by atoms with Crippen molar-refractivity contribution < 1.29 is 18.4 Å². The normalized spacial score (nSPS) is 17.0. The summed E-state index contributed by atoms with van der Waals surface area (Å²) in [6, 6.07) is 12.4. The minimum atomic E-state index is -0.937. The highest BCUT2D eigenvalue weighted by Gasteiger charge is 2.35. The molecule has 3 amide bonds. The number of rotatable bonds is 8. The van der Waals surface area contributed by atoms with Crippen LogP contribution in [0.15, 0.2) is 60.9 Å². The molecule has 1 saturated heterocycles. The molecule has 1 fully saturated rings. The number of hydrogen-bond acceptors (Lipinski definition) is 5. The van der Waals surface area contributed by atoms with Gasteiger partial charge in [0.25, 0.3) is 0 Å². The maximum Gasteiger partial charge on any atom is 0.320 e. The van der Waals surface area contributed by atoms with Crippen molar-refractivity contribution in [3.63, 3.8) is 0 Å². The fraction of sp³-hybridized carbons (Fsp3) is 0.310. The van der Waals surface area contributed by atoms with E-state index in [4.69, 9.17) is 5.10 Å². The van der Waals surface area contributed by atoms with Crippen LogP contribution in [0.25, 0.3) is 16.9 Å². The van der Waals surface area contributed by atoms with Crippen molar-refractivity contribution >= 4 is 17.8 Å². The molecule has 4 aromatic rings. The number of amides is 3. The van der Waals surface area contributed by atoms with Gasteiger partial charge < -0.3 is 10.6 Å². The van der Waals surface area contributed by atoms with Gasteiger partial charge in [-0.2, -0.15) is 10.2 Å². The van der Waals surface area contributed by atoms with Crippen LogP contribution < -0.4 is 16.0 Å². The Balaban J connectivity index is 1.40. The Kier molecular flexibility index (Phi) is 8.11. The van der Waals surface area contributed by atoms with Gasteiger partial charge in [0.2, 0.25) is 5.91 Å². The summed E-state index contributed by atoms with van der Waals surface area (Å²) in [7, 11) is 1.82. The molecule has 2 aromatic carbocycles. The monoisotopic (exact) mass is 562 g/mol. The highest BCUT2D eigenvalue weighted by molar-refractivity contribution is 5.91. The minimum Gasteiger partial charge on any atom is -0.355 e. The number of benzene rings is 2. The molecule has 0 spiro atoms. The summed E-state index contributed by atoms with van der Waals surface area (Å²) in [5.41, 5.74) is 3.61. The van der Waals surface area contributed by atoms with E-state index in [0.29, 0.717) is 43.3 Å². The number of para-hydroxylation sites is 1. The minimum absolute atomic E-state index is 0.133. The molecular formula is C29H32F2N8O2. The average molecular weight is 563 g/mol. The Morgan fingerprint density at radius 3 is 2.54 bits per heavy atom. The Hall–Kier alpha value is -4.58. The molecule has 2 atom stereocenters. The zero-order valence-electron chi connectivity index (χ0n) is 23.1. The number of anilines is 1. The molecule has 41 heavy (non-hydrogen) atoms. The third kappa shape index (κ3) is 6.27. The fourth-order valence-electron chi connectivity index (χ4n) is 5.21. The number of hydrogen-bond donors (Lipinski definition) is 3. The van der Waals surface area contributed by atoms with E-state index >= 15 is 0 Å². The van der Waals surface area contributed by atoms with Gasteiger partial charge in [-0.3, -0.25) is 19.7 Å². The quantitative estimate of drug-likeness (QED) is 0.304. The number of nitrogens with one attached hydrogen (secondary N) is 3. The Morgan fingerprint density at radius 1 is 1.07 bits per heavy atom. The average Bonchev–Trinajstić information content (AvgIpc) is 3.63. The lowest BCUT2D eigenvalue weighted by Crippen LogP contribution is -2.43. The lowest BCUT2D eigenvalue weighted by molar-refractivity contribution is -0.119. The van der Waals surface area contributed by atoms with Crippen molar-refractivity contribution in [2.24, 2.45) is 7.05 Å². The third-order valence-electron chi connectivity index (χ3n) is 7.22. The third-order valence-corrected chi connectivity index (χ3v) is 7.22. The maximum atomic E-state index is 14.1. The van der Waals surface area contributed by atoms with Crippen molar-refractivity contribution in [2.75, 3.05) is 31.5 Å². The summed E-state index contributed by atoms with van der Waals surface area (Å²) in [5.74, 6) is -1.79. The van der Waals surface area contributed by atoms with E-state index in [0.717, 1.165) is 22.9 Å². The molecule has 214 valence electrons. The number of urea groups is 1. The number of aromatic nitrogens is 4. The van der Waals surface area contributed by atoms with E-state index < -0.39 is 23.7 Å². The van der Waals surface area contributed by atoms with Gasteiger partial charge in [0.05, 0.1) is 17.9 Å². The van der Waals surface area contributed by atoms with Gasteiger partial charge in [-0.1, -0.05) is 24.3 Å². The number of carbonyl (C=O) groups excluding carboxylic acids is 2. The summed E-state index contributed by atoms with van der Waals surface area (Å²) >= 11 is 0. The predicted octanol–water partition coefficient (Wildman–Crippen LogP) is 3.59. The van der Waals surface area contributed by atoms with E-state index in [2.05, 4.69) is 25.9 Å². The van der Waals surface area contributed by atoms with Crippen molar-refractivity contribution in [1.29, 1.82) is 0 Å². The first-order valence-electron chi connectivity index (χ1n) is 13.3. The molecule has 12 heteroatoms. The highest BCUT2D eigenvalue weighted by atomic mass is 19.2. The van der Waals surface area contributed by atoms with Gasteiger partial charge in [0.1, 0.15) is 11.5 Å². The summed E-state index contributed by atoms with van der Waals surface area (Å²) in [4.78, 5) is 26.9. The maximum absolute atomic E-state index is 14.1. The van der Waals surface area contributed by atoms with Crippen LogP contribution in [0.4, 0.5) is 19.4 Å². The van der Waals surface area contributed by atoms with E-state index in [1.807, 2.05) is 50.5 Å². The first-order valence-corrected chi connectivity index (χ1v) is 13.3. The van der Waals surface area contributed by atoms with Crippen molar-refractivity contribution in [1.82, 2.24) is 35.1 Å². The molecule has 0 aliphatic carbocycles. The number of nitrogens with zero attached hydrogens (tertiary/aromatic N) is 5. The second-order valence-corrected chi connectivity index (χ2v) is 10.2. The van der Waals surface area contributed by atoms with Gasteiger partial charge in [0, 0.05) is 63.4 Å². The smallest absolute Gasteiger partial charge is 0.320 e. The van der Waals surface area contributed by atoms with Gasteiger partial charge in [-0.15, -0.1) is 0 Å². The lowest BCUT2D eigenvalue weighted by atomic mass is 9.94. The van der Waals surface area contributed by atoms with Crippen LogP contribution in [0.5, 0.6) is 0 Å². The van der Waals surface area contributed by atoms with Crippen LogP contribution in [-0.4, -0.2) is 68.6 Å². The van der Waals surface area contributed by atoms with E-state index in [1.54, 1.807) is 21.6 Å². The Labute approximate surface area is 236 Å². The molecule has 1 aliphatic rings. The zero-order chi connectivity index (χ0) is 29.1. The molecule has 3 heterocycles. The summed E-state index contributed by atoms with van der Waals surface area (Å²) in [6.07, 6.45) is 3.57. The van der Waals surface area contributed by atoms with Gasteiger partial charge in [0.15, 0.2) is 11.6 Å². The summed E-state index contributed by atoms with van der Waals surface area (Å²) in [5, 5.41) is 17.8. The van der Waals surface area contributed by atoms with Gasteiger partial charge in [-0.05, 0) is 36.8 Å². The molecule has 0 saturated carbocycles. The van der Waals surface area contributed by atoms with Crippen molar-refractivity contribution in [3.05, 3.63) is 83.7 Å². The SMILES string of the molecule is CC(=O)NCCN1C[C@@H](NC(=O)Nc2c(C)c(-c3cnn(C)c3)nn2-c2ccccc2)[C@H](c2ccc(F)c(F)c2)C1. The second-order valence-electron chi connectivity index (χ2n) is 10.2. The molecule has 10 nitrogen and oxygen atoms in total. The molecule has 0 radical (unpaired) electrons. The highest BCUT2D eigenvalue weighted by Crippen LogP contribution is 2.31. The number of carbonyl (C=O) groups is 2. The van der Waals surface area contributed by atoms with Crippen LogP contribution in [0.1, 0.15) is 24.0 Å². The topological polar surface area (TPSA) is 109 Å². The number of likely N-dealkylation sites (tertiary alicyclic amines) is 1. The van der Waals surface area contributed by atoms with Crippen molar-refractivity contribution in [3.8, 4) is 16.9 Å². The predicted molar refractivity (Wildman–Crippen MR) is 151 cm³/mol. The van der Waals surface area contributed by atoms with Crippen LogP contribution in [0, 0.1) is 18.6 Å². The summed E-state index contributed by atoms with van der Waals surface area (Å²) in [6.45, 7) is 5.29. The van der Waals surface area contributed by atoms with E-state index in [-0.39, 0.29) is 11.8 Å². The molecular weight excluding hydrogens is 530 g/mol. The number of halogens is 2. The Morgan fingerprint density at radius 2 is 1.85 bits per heavy atom. The molecule has 2 aromatic heterocycles. The van der Waals surface area contributed by atoms with Gasteiger partial charge in [-0.25, -0.2) is 18.3 Å². The standard InChI is InChI=1S/C29H32F2N8O2/c1-18-27(21-14-33-37(3)15-21)36-39(22-7-5-4-6-8-22)28(18)35-29(41)34-26-17-38(12-11-32-19(2)40)16-23(26)20-9-10-24(30)25(31)13-20/h4-10,13-15,23,26H,11-12,16-17H2,1-3H3,(H,32,40)(H2,34,35,41)/t23-,26+/m0/s1. The van der Waals surface area contributed by atoms with Gasteiger partial charge >= 0.3 is 6.03 Å². The molecule has 0 unspecified atom stereocenters. The first kappa shape index (κ1) is 28.0. The molecule has 5 rings (SSSR count). The zero-order valence-corrected chi connectivity index (χ0v) is 23.1. The molecule has 3 N–H and O–H groups in total. The van der Waals surface area contributed by atoms with Crippen LogP contribution in [0.2, 0.25) is 0 Å². The largest absolute Gasteiger partial charge is 0.355 e. The van der Waals surface area contributed by atoms with E-state index in [1.165, 1.54) is 13.0 Å². The lowest BCUT2D eigenvalue weighted by Gasteiger charge is -2.21. The molecule has 1 aliphatic heterocycles. The summed E-state index contributed by atoms with van der Waals surface area (Å²) < 4.78 is 31.2. The van der Waals surface area contributed by atoms with Crippen LogP contribution >= 0.6 is 0 Å². The van der Waals surface area contributed by atoms with Crippen LogP contribution in [-0.2, 0) is 11.8 Å².